The van der Waals surface area contributed by atoms with E-state index < -0.39 is 51.3 Å². The Balaban J connectivity index is 2.52. The Morgan fingerprint density at radius 2 is 1.25 bits per heavy atom. The molecule has 258 valence electrons. The predicted octanol–water partition coefficient (Wildman–Crippen LogP) is 7.78. The molecule has 1 aromatic rings. The topological polar surface area (TPSA) is 130 Å². The van der Waals surface area contributed by atoms with Crippen molar-refractivity contribution in [2.45, 2.75) is 102 Å². The molecular formula is C39H48O9. The van der Waals surface area contributed by atoms with E-state index in [4.69, 9.17) is 14.2 Å². The molecule has 0 spiro atoms. The average Bonchev–Trinajstić information content (AvgIpc) is 2.95. The molecule has 0 aromatic heterocycles. The molecule has 1 saturated carbocycles. The fourth-order valence-electron chi connectivity index (χ4n) is 6.94. The third kappa shape index (κ3) is 7.20. The SMILES string of the molecule is CC(=O)OC1=C(C(=O)c2ccc(OC(C)=O)c(OC(C)=O)c2)C(=O)[C@@]2(CC=C(C)C)C(=O)[C@]1(CC=C(C)C)C[C@H](CC=C(C)C)C2(C)C. The van der Waals surface area contributed by atoms with Crippen LogP contribution in [0.15, 0.2) is 64.5 Å². The van der Waals surface area contributed by atoms with Gasteiger partial charge >= 0.3 is 17.9 Å². The second-order valence-corrected chi connectivity index (χ2v) is 14.2. The molecule has 1 fully saturated rings. The Morgan fingerprint density at radius 1 is 0.729 bits per heavy atom. The number of ether oxygens (including phenoxy) is 3. The van der Waals surface area contributed by atoms with Crippen molar-refractivity contribution in [1.82, 2.24) is 0 Å². The lowest BCUT2D eigenvalue weighted by Crippen LogP contribution is -2.67. The van der Waals surface area contributed by atoms with Gasteiger partial charge in [0, 0.05) is 26.3 Å². The monoisotopic (exact) mass is 660 g/mol. The van der Waals surface area contributed by atoms with E-state index in [1.54, 1.807) is 0 Å². The first kappa shape index (κ1) is 38.1. The van der Waals surface area contributed by atoms with Crippen LogP contribution in [0.25, 0.3) is 0 Å². The summed E-state index contributed by atoms with van der Waals surface area (Å²) < 4.78 is 16.3. The molecule has 0 saturated heterocycles. The fraction of sp³-hybridized carbons (Fsp3) is 0.487. The van der Waals surface area contributed by atoms with Gasteiger partial charge in [-0.05, 0) is 96.8 Å². The van der Waals surface area contributed by atoms with Crippen molar-refractivity contribution in [3.63, 3.8) is 0 Å². The van der Waals surface area contributed by atoms with E-state index in [1.165, 1.54) is 32.0 Å². The molecule has 3 atom stereocenters. The van der Waals surface area contributed by atoms with E-state index in [1.807, 2.05) is 67.5 Å². The van der Waals surface area contributed by atoms with Crippen molar-refractivity contribution < 1.29 is 43.0 Å². The third-order valence-electron chi connectivity index (χ3n) is 9.49. The molecule has 9 heteroatoms. The van der Waals surface area contributed by atoms with Crippen LogP contribution >= 0.6 is 0 Å². The molecule has 0 amide bonds. The Hall–Kier alpha value is -4.40. The molecule has 9 nitrogen and oxygen atoms in total. The minimum absolute atomic E-state index is 0.0517. The molecular weight excluding hydrogens is 612 g/mol. The summed E-state index contributed by atoms with van der Waals surface area (Å²) in [5.41, 5.74) is -1.69. The maximum absolute atomic E-state index is 15.3. The van der Waals surface area contributed by atoms with Crippen LogP contribution in [0.4, 0.5) is 0 Å². The number of hydrogen-bond acceptors (Lipinski definition) is 9. The maximum Gasteiger partial charge on any atom is 0.308 e. The minimum atomic E-state index is -1.68. The minimum Gasteiger partial charge on any atom is -0.429 e. The molecule has 0 radical (unpaired) electrons. The quantitative estimate of drug-likeness (QED) is 0.0583. The molecule has 1 aromatic carbocycles. The lowest BCUT2D eigenvalue weighted by atomic mass is 9.40. The van der Waals surface area contributed by atoms with Crippen molar-refractivity contribution in [1.29, 1.82) is 0 Å². The van der Waals surface area contributed by atoms with Crippen molar-refractivity contribution >= 4 is 35.3 Å². The van der Waals surface area contributed by atoms with E-state index in [9.17, 15) is 19.2 Å². The van der Waals surface area contributed by atoms with Crippen LogP contribution in [0.1, 0.15) is 112 Å². The molecule has 2 aliphatic carbocycles. The molecule has 2 aliphatic rings. The summed E-state index contributed by atoms with van der Waals surface area (Å²) >= 11 is 0. The summed E-state index contributed by atoms with van der Waals surface area (Å²) in [5.74, 6) is -4.85. The van der Waals surface area contributed by atoms with Crippen molar-refractivity contribution in [3.8, 4) is 11.5 Å². The number of Topliss-reactive ketones (excluding diaryl/α,β-unsaturated/α-hetero) is 3. The van der Waals surface area contributed by atoms with E-state index in [0.29, 0.717) is 6.42 Å². The molecule has 0 heterocycles. The van der Waals surface area contributed by atoms with E-state index >= 15 is 9.59 Å². The fourth-order valence-corrected chi connectivity index (χ4v) is 6.94. The number of carbonyl (C=O) groups is 6. The van der Waals surface area contributed by atoms with Crippen LogP contribution in [0.5, 0.6) is 11.5 Å². The standard InChI is InChI=1S/C39H48O9/c1-22(2)12-14-29-21-38(18-16-23(3)4)35(48-27(9)42)32(34(44)39(36(38)45,37(29,10)11)19-17-24(5)6)33(43)28-13-15-30(46-25(7)40)31(20-28)47-26(8)41/h12-13,15-17,20,29H,14,18-19,21H2,1-11H3/t29-,38+,39-/m0/s1. The van der Waals surface area contributed by atoms with Gasteiger partial charge in [-0.15, -0.1) is 0 Å². The Bertz CT molecular complexity index is 1670. The first-order chi connectivity index (χ1) is 22.2. The average molecular weight is 661 g/mol. The van der Waals surface area contributed by atoms with Gasteiger partial charge < -0.3 is 14.2 Å². The Kier molecular flexibility index (Phi) is 11.4. The van der Waals surface area contributed by atoms with Gasteiger partial charge in [0.25, 0.3) is 0 Å². The van der Waals surface area contributed by atoms with Gasteiger partial charge in [0.05, 0.1) is 5.41 Å². The van der Waals surface area contributed by atoms with Crippen LogP contribution < -0.4 is 9.47 Å². The Labute approximate surface area is 283 Å². The summed E-state index contributed by atoms with van der Waals surface area (Å²) in [6.45, 7) is 18.9. The van der Waals surface area contributed by atoms with Gasteiger partial charge in [0.2, 0.25) is 0 Å². The summed E-state index contributed by atoms with van der Waals surface area (Å²) in [6.07, 6.45) is 6.81. The molecule has 2 bridgehead atoms. The zero-order chi connectivity index (χ0) is 36.4. The van der Waals surface area contributed by atoms with Gasteiger partial charge in [-0.3, -0.25) is 28.8 Å². The number of carbonyl (C=O) groups excluding carboxylic acids is 6. The molecule has 48 heavy (non-hydrogen) atoms. The van der Waals surface area contributed by atoms with Crippen molar-refractivity contribution in [3.05, 3.63) is 70.0 Å². The second-order valence-electron chi connectivity index (χ2n) is 14.2. The second kappa shape index (κ2) is 14.4. The van der Waals surface area contributed by atoms with E-state index in [0.717, 1.165) is 23.6 Å². The summed E-state index contributed by atoms with van der Waals surface area (Å²) in [6, 6.07) is 3.82. The van der Waals surface area contributed by atoms with Crippen molar-refractivity contribution in [2.24, 2.45) is 22.2 Å². The molecule has 0 N–H and O–H groups in total. The number of ketones is 3. The maximum atomic E-state index is 15.3. The number of fused-ring (bicyclic) bond motifs is 2. The number of benzene rings is 1. The summed E-state index contributed by atoms with van der Waals surface area (Å²) in [7, 11) is 0. The van der Waals surface area contributed by atoms with Crippen LogP contribution in [0, 0.1) is 22.2 Å². The van der Waals surface area contributed by atoms with Crippen molar-refractivity contribution in [2.75, 3.05) is 0 Å². The van der Waals surface area contributed by atoms with E-state index in [-0.39, 0.29) is 53.8 Å². The number of rotatable bonds is 11. The lowest BCUT2D eigenvalue weighted by molar-refractivity contribution is -0.173. The van der Waals surface area contributed by atoms with Crippen LogP contribution in [-0.4, -0.2) is 35.3 Å². The first-order valence-electron chi connectivity index (χ1n) is 16.2. The predicted molar refractivity (Wildman–Crippen MR) is 181 cm³/mol. The van der Waals surface area contributed by atoms with Crippen LogP contribution in [0.3, 0.4) is 0 Å². The van der Waals surface area contributed by atoms with Crippen LogP contribution in [-0.2, 0) is 28.7 Å². The molecule has 3 rings (SSSR count). The summed E-state index contributed by atoms with van der Waals surface area (Å²) in [4.78, 5) is 81.7. The number of hydrogen-bond donors (Lipinski definition) is 0. The number of allylic oxidation sites excluding steroid dienone is 8. The zero-order valence-electron chi connectivity index (χ0n) is 30.0. The normalized spacial score (nSPS) is 22.7. The van der Waals surface area contributed by atoms with Gasteiger partial charge in [-0.2, -0.15) is 0 Å². The third-order valence-corrected chi connectivity index (χ3v) is 9.49. The highest BCUT2D eigenvalue weighted by Crippen LogP contribution is 2.67. The van der Waals surface area contributed by atoms with Gasteiger partial charge in [0.15, 0.2) is 28.8 Å². The smallest absolute Gasteiger partial charge is 0.308 e. The van der Waals surface area contributed by atoms with E-state index in [2.05, 4.69) is 6.08 Å². The van der Waals surface area contributed by atoms with Gasteiger partial charge in [0.1, 0.15) is 16.7 Å². The Morgan fingerprint density at radius 3 is 1.77 bits per heavy atom. The highest BCUT2D eigenvalue weighted by molar-refractivity contribution is 6.35. The largest absolute Gasteiger partial charge is 0.429 e. The molecule has 0 aliphatic heterocycles. The first-order valence-corrected chi connectivity index (χ1v) is 16.2. The van der Waals surface area contributed by atoms with Gasteiger partial charge in [-0.25, -0.2) is 0 Å². The van der Waals surface area contributed by atoms with Gasteiger partial charge in [-0.1, -0.05) is 48.8 Å². The highest BCUT2D eigenvalue weighted by atomic mass is 16.6. The highest BCUT2D eigenvalue weighted by Gasteiger charge is 2.72. The summed E-state index contributed by atoms with van der Waals surface area (Å²) in [5, 5.41) is 0. The zero-order valence-corrected chi connectivity index (χ0v) is 30.0. The van der Waals surface area contributed by atoms with Crippen LogP contribution in [0.2, 0.25) is 0 Å². The lowest BCUT2D eigenvalue weighted by Gasteiger charge is -2.60. The molecule has 0 unspecified atom stereocenters. The number of esters is 3.